The zero-order valence-corrected chi connectivity index (χ0v) is 22.2. The Morgan fingerprint density at radius 2 is 1.63 bits per heavy atom. The van der Waals surface area contributed by atoms with E-state index >= 15 is 0 Å². The third kappa shape index (κ3) is 7.69. The lowest BCUT2D eigenvalue weighted by atomic mass is 10.0. The summed E-state index contributed by atoms with van der Waals surface area (Å²) in [5, 5.41) is 2.91. The fourth-order valence-electron chi connectivity index (χ4n) is 3.84. The molecule has 0 saturated heterocycles. The maximum Gasteiger partial charge on any atom is 0.261 e. The molecule has 184 valence electrons. The summed E-state index contributed by atoms with van der Waals surface area (Å²) in [4.78, 5) is 28.4. The number of ether oxygens (including phenoxy) is 1. The number of carbonyl (C=O) groups excluding carboxylic acids is 2. The molecular weight excluding hydrogens is 504 g/mol. The van der Waals surface area contributed by atoms with Crippen LogP contribution in [0, 0.1) is 6.92 Å². The molecule has 0 unspecified atom stereocenters. The second kappa shape index (κ2) is 13.1. The van der Waals surface area contributed by atoms with Gasteiger partial charge in [-0.3, -0.25) is 9.59 Å². The van der Waals surface area contributed by atoms with Crippen LogP contribution >= 0.6 is 15.9 Å². The van der Waals surface area contributed by atoms with Crippen LogP contribution in [0.25, 0.3) is 0 Å². The number of amides is 2. The highest BCUT2D eigenvalue weighted by atomic mass is 79.9. The summed E-state index contributed by atoms with van der Waals surface area (Å²) >= 11 is 3.54. The summed E-state index contributed by atoms with van der Waals surface area (Å²) in [6.45, 7) is 6.62. The van der Waals surface area contributed by atoms with Gasteiger partial charge in [0.05, 0.1) is 4.47 Å². The van der Waals surface area contributed by atoms with Crippen molar-refractivity contribution in [2.45, 2.75) is 46.2 Å². The van der Waals surface area contributed by atoms with Crippen LogP contribution in [-0.4, -0.2) is 35.9 Å². The summed E-state index contributed by atoms with van der Waals surface area (Å²) in [5.41, 5.74) is 4.26. The molecule has 1 atom stereocenters. The Morgan fingerprint density at radius 3 is 2.26 bits per heavy atom. The van der Waals surface area contributed by atoms with Crippen molar-refractivity contribution in [3.63, 3.8) is 0 Å². The molecule has 0 fully saturated rings. The van der Waals surface area contributed by atoms with Gasteiger partial charge in [-0.1, -0.05) is 73.2 Å². The number of hydrogen-bond acceptors (Lipinski definition) is 3. The van der Waals surface area contributed by atoms with Gasteiger partial charge in [0.15, 0.2) is 6.61 Å². The first-order valence-corrected chi connectivity index (χ1v) is 12.8. The zero-order chi connectivity index (χ0) is 25.2. The molecule has 1 N–H and O–H groups in total. The van der Waals surface area contributed by atoms with E-state index in [1.807, 2.05) is 86.6 Å². The summed E-state index contributed by atoms with van der Waals surface area (Å²) in [7, 11) is 0. The first-order chi connectivity index (χ1) is 16.9. The lowest BCUT2D eigenvalue weighted by molar-refractivity contribution is -0.142. The molecule has 0 aliphatic rings. The van der Waals surface area contributed by atoms with Gasteiger partial charge in [0.2, 0.25) is 5.91 Å². The average molecular weight is 537 g/mol. The molecule has 0 heterocycles. The topological polar surface area (TPSA) is 58.6 Å². The van der Waals surface area contributed by atoms with Crippen molar-refractivity contribution in [3.8, 4) is 5.75 Å². The molecule has 3 rings (SSSR count). The van der Waals surface area contributed by atoms with Crippen LogP contribution in [0.2, 0.25) is 0 Å². The molecule has 0 saturated carbocycles. The number of likely N-dealkylation sites (N-methyl/N-ethyl adjacent to an activating group) is 1. The summed E-state index contributed by atoms with van der Waals surface area (Å²) in [6, 6.07) is 23.0. The van der Waals surface area contributed by atoms with Gasteiger partial charge in [-0.05, 0) is 65.0 Å². The Balaban J connectivity index is 1.88. The minimum atomic E-state index is -0.666. The molecule has 0 spiro atoms. The molecule has 0 radical (unpaired) electrons. The predicted octanol–water partition coefficient (Wildman–Crippen LogP) is 5.47. The Hall–Kier alpha value is -3.12. The number of halogens is 1. The van der Waals surface area contributed by atoms with E-state index in [1.165, 1.54) is 5.56 Å². The van der Waals surface area contributed by atoms with Crippen molar-refractivity contribution >= 4 is 27.7 Å². The van der Waals surface area contributed by atoms with E-state index in [2.05, 4.69) is 28.2 Å². The van der Waals surface area contributed by atoms with E-state index in [-0.39, 0.29) is 18.4 Å². The van der Waals surface area contributed by atoms with E-state index < -0.39 is 6.04 Å². The standard InChI is InChI=1S/C29H33BrN2O3/c1-4-22-15-16-27(25(30)17-22)35-20-28(33)32(19-24-13-11-21(3)12-14-24)26(29(34)31-5-2)18-23-9-7-6-8-10-23/h6-17,26H,4-5,18-20H2,1-3H3,(H,31,34)/t26-/m0/s1. The van der Waals surface area contributed by atoms with Crippen molar-refractivity contribution in [1.82, 2.24) is 10.2 Å². The van der Waals surface area contributed by atoms with Gasteiger partial charge < -0.3 is 15.0 Å². The van der Waals surface area contributed by atoms with Gasteiger partial charge in [0, 0.05) is 19.5 Å². The van der Waals surface area contributed by atoms with Crippen molar-refractivity contribution in [2.24, 2.45) is 0 Å². The molecule has 0 aliphatic carbocycles. The fraction of sp³-hybridized carbons (Fsp3) is 0.310. The van der Waals surface area contributed by atoms with Crippen LogP contribution in [0.1, 0.15) is 36.1 Å². The monoisotopic (exact) mass is 536 g/mol. The normalized spacial score (nSPS) is 11.5. The maximum atomic E-state index is 13.6. The lowest BCUT2D eigenvalue weighted by Crippen LogP contribution is -2.51. The smallest absolute Gasteiger partial charge is 0.261 e. The Kier molecular flexibility index (Phi) is 9.91. The average Bonchev–Trinajstić information content (AvgIpc) is 2.87. The predicted molar refractivity (Wildman–Crippen MR) is 143 cm³/mol. The van der Waals surface area contributed by atoms with Gasteiger partial charge in [-0.15, -0.1) is 0 Å². The van der Waals surface area contributed by atoms with Gasteiger partial charge in [-0.25, -0.2) is 0 Å². The Labute approximate surface area is 216 Å². The lowest BCUT2D eigenvalue weighted by Gasteiger charge is -2.31. The molecule has 35 heavy (non-hydrogen) atoms. The van der Waals surface area contributed by atoms with Crippen LogP contribution in [-0.2, 0) is 29.0 Å². The van der Waals surface area contributed by atoms with Crippen molar-refractivity contribution < 1.29 is 14.3 Å². The second-order valence-electron chi connectivity index (χ2n) is 8.51. The van der Waals surface area contributed by atoms with Crippen LogP contribution < -0.4 is 10.1 Å². The van der Waals surface area contributed by atoms with E-state index in [1.54, 1.807) is 4.90 Å². The summed E-state index contributed by atoms with van der Waals surface area (Å²) < 4.78 is 6.71. The minimum absolute atomic E-state index is 0.166. The number of benzene rings is 3. The zero-order valence-electron chi connectivity index (χ0n) is 20.6. The van der Waals surface area contributed by atoms with Crippen LogP contribution in [0.3, 0.4) is 0 Å². The summed E-state index contributed by atoms with van der Waals surface area (Å²) in [5.74, 6) is 0.179. The quantitative estimate of drug-likeness (QED) is 0.353. The van der Waals surface area contributed by atoms with Crippen LogP contribution in [0.15, 0.2) is 77.3 Å². The highest BCUT2D eigenvalue weighted by Crippen LogP contribution is 2.26. The van der Waals surface area contributed by atoms with E-state index in [0.717, 1.165) is 27.6 Å². The molecular formula is C29H33BrN2O3. The Morgan fingerprint density at radius 1 is 0.943 bits per heavy atom. The van der Waals surface area contributed by atoms with E-state index in [0.29, 0.717) is 25.3 Å². The number of hydrogen-bond donors (Lipinski definition) is 1. The fourth-order valence-corrected chi connectivity index (χ4v) is 4.38. The third-order valence-corrected chi connectivity index (χ3v) is 6.47. The molecule has 2 amide bonds. The van der Waals surface area contributed by atoms with Gasteiger partial charge in [0.1, 0.15) is 11.8 Å². The first-order valence-electron chi connectivity index (χ1n) is 12.0. The maximum absolute atomic E-state index is 13.6. The SMILES string of the molecule is CCNC(=O)[C@H](Cc1ccccc1)N(Cc1ccc(C)cc1)C(=O)COc1ccc(CC)cc1Br. The molecule has 3 aromatic rings. The van der Waals surface area contributed by atoms with Crippen LogP contribution in [0.4, 0.5) is 0 Å². The number of nitrogens with one attached hydrogen (secondary N) is 1. The van der Waals surface area contributed by atoms with Crippen molar-refractivity contribution in [2.75, 3.05) is 13.2 Å². The number of aryl methyl sites for hydroxylation is 2. The number of nitrogens with zero attached hydrogens (tertiary/aromatic N) is 1. The first kappa shape index (κ1) is 26.5. The molecule has 3 aromatic carbocycles. The van der Waals surface area contributed by atoms with E-state index in [4.69, 9.17) is 4.74 Å². The third-order valence-electron chi connectivity index (χ3n) is 5.85. The number of carbonyl (C=O) groups is 2. The van der Waals surface area contributed by atoms with Crippen LogP contribution in [0.5, 0.6) is 5.75 Å². The largest absolute Gasteiger partial charge is 0.483 e. The Bertz CT molecular complexity index is 1120. The van der Waals surface area contributed by atoms with Gasteiger partial charge in [-0.2, -0.15) is 0 Å². The molecule has 5 nitrogen and oxygen atoms in total. The van der Waals surface area contributed by atoms with Crippen molar-refractivity contribution in [1.29, 1.82) is 0 Å². The van der Waals surface area contributed by atoms with Crippen molar-refractivity contribution in [3.05, 3.63) is 99.5 Å². The number of rotatable bonds is 11. The second-order valence-corrected chi connectivity index (χ2v) is 9.37. The summed E-state index contributed by atoms with van der Waals surface area (Å²) in [6.07, 6.45) is 1.33. The minimum Gasteiger partial charge on any atom is -0.483 e. The molecule has 0 bridgehead atoms. The highest BCUT2D eigenvalue weighted by Gasteiger charge is 2.30. The van der Waals surface area contributed by atoms with Gasteiger partial charge >= 0.3 is 0 Å². The van der Waals surface area contributed by atoms with E-state index in [9.17, 15) is 9.59 Å². The molecule has 0 aromatic heterocycles. The molecule has 6 heteroatoms. The molecule has 0 aliphatic heterocycles. The van der Waals surface area contributed by atoms with Gasteiger partial charge in [0.25, 0.3) is 5.91 Å². The highest BCUT2D eigenvalue weighted by molar-refractivity contribution is 9.10.